The van der Waals surface area contributed by atoms with E-state index in [1.165, 1.54) is 25.7 Å². The van der Waals surface area contributed by atoms with Gasteiger partial charge >= 0.3 is 0 Å². The lowest BCUT2D eigenvalue weighted by Gasteiger charge is -2.49. The van der Waals surface area contributed by atoms with Crippen LogP contribution in [0.3, 0.4) is 0 Å². The molecule has 0 radical (unpaired) electrons. The van der Waals surface area contributed by atoms with E-state index in [9.17, 15) is 0 Å². The van der Waals surface area contributed by atoms with E-state index in [1.54, 1.807) is 0 Å². The topological polar surface area (TPSA) is 26.0 Å². The van der Waals surface area contributed by atoms with Crippen LogP contribution >= 0.6 is 0 Å². The summed E-state index contributed by atoms with van der Waals surface area (Å²) in [6.07, 6.45) is 5.28. The summed E-state index contributed by atoms with van der Waals surface area (Å²) in [7, 11) is 0. The maximum absolute atomic E-state index is 6.63. The van der Waals surface area contributed by atoms with Crippen LogP contribution in [0, 0.1) is 41.4 Å². The monoisotopic (exact) mass is 281 g/mol. The Labute approximate surface area is 128 Å². The Kier molecular flexibility index (Phi) is 7.04. The number of nitrogens with two attached hydrogens (primary N) is 1. The molecule has 1 nitrogen and oxygen atoms in total. The summed E-state index contributed by atoms with van der Waals surface area (Å²) < 4.78 is 0. The molecule has 1 aliphatic rings. The van der Waals surface area contributed by atoms with Crippen LogP contribution in [0.15, 0.2) is 0 Å². The van der Waals surface area contributed by atoms with Gasteiger partial charge in [-0.25, -0.2) is 0 Å². The van der Waals surface area contributed by atoms with Gasteiger partial charge in [-0.2, -0.15) is 0 Å². The second-order valence-electron chi connectivity index (χ2n) is 8.06. The lowest BCUT2D eigenvalue weighted by atomic mass is 9.57. The molecule has 0 bridgehead atoms. The van der Waals surface area contributed by atoms with Crippen LogP contribution in [0.4, 0.5) is 0 Å². The lowest BCUT2D eigenvalue weighted by Crippen LogP contribution is -2.45. The first-order chi connectivity index (χ1) is 9.33. The molecule has 2 N–H and O–H groups in total. The molecule has 1 heteroatoms. The molecule has 0 aromatic rings. The van der Waals surface area contributed by atoms with Crippen molar-refractivity contribution >= 4 is 0 Å². The van der Waals surface area contributed by atoms with Crippen LogP contribution in [-0.4, -0.2) is 6.04 Å². The molecule has 1 rings (SSSR count). The van der Waals surface area contributed by atoms with E-state index in [1.807, 2.05) is 0 Å². The first kappa shape index (κ1) is 18.0. The van der Waals surface area contributed by atoms with Gasteiger partial charge in [-0.3, -0.25) is 0 Å². The molecule has 1 aliphatic carbocycles. The predicted molar refractivity (Wildman–Crippen MR) is 90.6 cm³/mol. The average Bonchev–Trinajstić information content (AvgIpc) is 2.33. The number of hydrogen-bond donors (Lipinski definition) is 1. The highest BCUT2D eigenvalue weighted by Crippen LogP contribution is 2.49. The van der Waals surface area contributed by atoms with E-state index in [-0.39, 0.29) is 0 Å². The molecule has 6 unspecified atom stereocenters. The van der Waals surface area contributed by atoms with E-state index in [4.69, 9.17) is 5.73 Å². The molecule has 0 spiro atoms. The van der Waals surface area contributed by atoms with E-state index in [2.05, 4.69) is 48.5 Å². The third kappa shape index (κ3) is 4.00. The molecule has 0 aromatic heterocycles. The smallest absolute Gasteiger partial charge is 0.00724 e. The predicted octanol–water partition coefficient (Wildman–Crippen LogP) is 5.34. The molecule has 1 fully saturated rings. The number of hydrogen-bond acceptors (Lipinski definition) is 1. The van der Waals surface area contributed by atoms with Gasteiger partial charge in [0.2, 0.25) is 0 Å². The molecule has 0 aliphatic heterocycles. The second-order valence-corrected chi connectivity index (χ2v) is 8.06. The molecule has 6 atom stereocenters. The summed E-state index contributed by atoms with van der Waals surface area (Å²) in [4.78, 5) is 0. The maximum Gasteiger partial charge on any atom is 0.00724 e. The molecular weight excluding hydrogens is 242 g/mol. The van der Waals surface area contributed by atoms with Gasteiger partial charge in [-0.15, -0.1) is 0 Å². The quantitative estimate of drug-likeness (QED) is 0.638. The third-order valence-corrected chi connectivity index (χ3v) is 6.31. The highest BCUT2D eigenvalue weighted by Gasteiger charge is 2.42. The second kappa shape index (κ2) is 7.82. The maximum atomic E-state index is 6.63. The molecule has 120 valence electrons. The molecule has 1 saturated carbocycles. The van der Waals surface area contributed by atoms with Gasteiger partial charge in [0.05, 0.1) is 0 Å². The van der Waals surface area contributed by atoms with Gasteiger partial charge in [0.1, 0.15) is 0 Å². The molecule has 0 aromatic carbocycles. The highest BCUT2D eigenvalue weighted by atomic mass is 14.7. The summed E-state index contributed by atoms with van der Waals surface area (Å²) in [6, 6.07) is 0.404. The van der Waals surface area contributed by atoms with Gasteiger partial charge in [-0.1, -0.05) is 61.3 Å². The van der Waals surface area contributed by atoms with E-state index >= 15 is 0 Å². The Morgan fingerprint density at radius 2 is 1.60 bits per heavy atom. The van der Waals surface area contributed by atoms with E-state index < -0.39 is 0 Å². The van der Waals surface area contributed by atoms with Crippen LogP contribution < -0.4 is 5.73 Å². The van der Waals surface area contributed by atoms with Crippen molar-refractivity contribution in [3.63, 3.8) is 0 Å². The van der Waals surface area contributed by atoms with Crippen LogP contribution in [0.2, 0.25) is 0 Å². The minimum atomic E-state index is 0.404. The summed E-state index contributed by atoms with van der Waals surface area (Å²) in [5.74, 6) is 5.80. The largest absolute Gasteiger partial charge is 0.327 e. The molecule has 20 heavy (non-hydrogen) atoms. The first-order valence-electron chi connectivity index (χ1n) is 9.08. The Balaban J connectivity index is 2.59. The van der Waals surface area contributed by atoms with Crippen LogP contribution in [0.25, 0.3) is 0 Å². The molecule has 0 saturated heterocycles. The zero-order valence-corrected chi connectivity index (χ0v) is 15.0. The van der Waals surface area contributed by atoms with Crippen molar-refractivity contribution in [1.29, 1.82) is 0 Å². The van der Waals surface area contributed by atoms with Gasteiger partial charge in [0.15, 0.2) is 0 Å². The molecular formula is C19H39N. The van der Waals surface area contributed by atoms with Gasteiger partial charge in [0.25, 0.3) is 0 Å². The SMILES string of the molecule is CCC1CC(CC(N)C(CC)C(C)C(C)C)C1C(C)C. The number of rotatable bonds is 8. The van der Waals surface area contributed by atoms with Crippen LogP contribution in [-0.2, 0) is 0 Å². The van der Waals surface area contributed by atoms with Crippen molar-refractivity contribution in [1.82, 2.24) is 0 Å². The third-order valence-electron chi connectivity index (χ3n) is 6.31. The van der Waals surface area contributed by atoms with Crippen molar-refractivity contribution in [2.75, 3.05) is 0 Å². The zero-order valence-electron chi connectivity index (χ0n) is 15.0. The normalized spacial score (nSPS) is 31.2. The fourth-order valence-electron chi connectivity index (χ4n) is 4.76. The minimum absolute atomic E-state index is 0.404. The van der Waals surface area contributed by atoms with Crippen molar-refractivity contribution < 1.29 is 0 Å². The van der Waals surface area contributed by atoms with Crippen molar-refractivity contribution in [3.05, 3.63) is 0 Å². The van der Waals surface area contributed by atoms with Crippen molar-refractivity contribution in [3.8, 4) is 0 Å². The average molecular weight is 282 g/mol. The summed E-state index contributed by atoms with van der Waals surface area (Å²) in [5, 5.41) is 0. The zero-order chi connectivity index (χ0) is 15.4. The van der Waals surface area contributed by atoms with Crippen LogP contribution in [0.1, 0.15) is 74.1 Å². The van der Waals surface area contributed by atoms with Gasteiger partial charge in [-0.05, 0) is 54.3 Å². The van der Waals surface area contributed by atoms with Gasteiger partial charge < -0.3 is 5.73 Å². The summed E-state index contributed by atoms with van der Waals surface area (Å²) >= 11 is 0. The van der Waals surface area contributed by atoms with Gasteiger partial charge in [0, 0.05) is 6.04 Å². The van der Waals surface area contributed by atoms with Crippen molar-refractivity contribution in [2.45, 2.75) is 80.2 Å². The Morgan fingerprint density at radius 1 is 1.00 bits per heavy atom. The molecule has 0 heterocycles. The lowest BCUT2D eigenvalue weighted by molar-refractivity contribution is 0.0106. The van der Waals surface area contributed by atoms with Crippen LogP contribution in [0.5, 0.6) is 0 Å². The summed E-state index contributed by atoms with van der Waals surface area (Å²) in [6.45, 7) is 16.6. The fourth-order valence-corrected chi connectivity index (χ4v) is 4.76. The fraction of sp³-hybridized carbons (Fsp3) is 1.00. The van der Waals surface area contributed by atoms with E-state index in [0.717, 1.165) is 35.5 Å². The summed E-state index contributed by atoms with van der Waals surface area (Å²) in [5.41, 5.74) is 6.63. The standard InChI is InChI=1S/C19H39N/c1-8-15-10-16(19(15)13(5)6)11-18(20)17(9-2)14(7)12(3)4/h12-19H,8-11,20H2,1-7H3. The van der Waals surface area contributed by atoms with Crippen molar-refractivity contribution in [2.24, 2.45) is 47.2 Å². The Bertz CT molecular complexity index is 271. The highest BCUT2D eigenvalue weighted by molar-refractivity contribution is 4.93. The molecule has 0 amide bonds. The Hall–Kier alpha value is -0.0400. The minimum Gasteiger partial charge on any atom is -0.327 e. The van der Waals surface area contributed by atoms with E-state index in [0.29, 0.717) is 12.0 Å². The first-order valence-corrected chi connectivity index (χ1v) is 9.08. The Morgan fingerprint density at radius 3 is 2.00 bits per heavy atom.